The molecule has 0 bridgehead atoms. The zero-order chi connectivity index (χ0) is 23.5. The highest BCUT2D eigenvalue weighted by molar-refractivity contribution is 7.19. The minimum absolute atomic E-state index is 1.00. The van der Waals surface area contributed by atoms with Gasteiger partial charge in [-0.1, -0.05) is 140 Å². The summed E-state index contributed by atoms with van der Waals surface area (Å²) in [5, 5.41) is 6.68. The van der Waals surface area contributed by atoms with E-state index >= 15 is 0 Å². The van der Waals surface area contributed by atoms with Crippen LogP contribution >= 0.6 is 0 Å². The van der Waals surface area contributed by atoms with Gasteiger partial charge in [-0.2, -0.15) is 0 Å². The number of aromatic nitrogens is 1. The van der Waals surface area contributed by atoms with E-state index in [9.17, 15) is 0 Å². The maximum atomic E-state index is 4.92. The molecule has 0 aliphatic carbocycles. The minimum Gasteiger partial charge on any atom is -0.248 e. The summed E-state index contributed by atoms with van der Waals surface area (Å²) in [7, 11) is -2.49. The molecule has 6 aromatic rings. The van der Waals surface area contributed by atoms with Gasteiger partial charge in [0.25, 0.3) is 0 Å². The van der Waals surface area contributed by atoms with Crippen LogP contribution in [0.5, 0.6) is 0 Å². The van der Waals surface area contributed by atoms with Gasteiger partial charge in [0, 0.05) is 10.9 Å². The van der Waals surface area contributed by atoms with Crippen molar-refractivity contribution in [2.75, 3.05) is 0 Å². The van der Waals surface area contributed by atoms with E-state index in [1.165, 1.54) is 20.7 Å². The highest BCUT2D eigenvalue weighted by atomic mass is 28.3. The Kier molecular flexibility index (Phi) is 5.57. The molecule has 0 fully saturated rings. The molecule has 1 aromatic heterocycles. The molecule has 2 heteroatoms. The maximum Gasteiger partial charge on any atom is 0.179 e. The summed E-state index contributed by atoms with van der Waals surface area (Å²) in [6.45, 7) is 0. The smallest absolute Gasteiger partial charge is 0.179 e. The van der Waals surface area contributed by atoms with Crippen LogP contribution in [-0.4, -0.2) is 13.1 Å². The molecule has 0 spiro atoms. The third kappa shape index (κ3) is 3.78. The lowest BCUT2D eigenvalue weighted by Gasteiger charge is -2.34. The predicted molar refractivity (Wildman–Crippen MR) is 151 cm³/mol. The Labute approximate surface area is 207 Å². The second-order valence-electron chi connectivity index (χ2n) is 8.81. The van der Waals surface area contributed by atoms with Gasteiger partial charge in [-0.05, 0) is 32.9 Å². The molecule has 6 rings (SSSR count). The number of rotatable bonds is 5. The Morgan fingerprint density at radius 1 is 0.371 bits per heavy atom. The minimum atomic E-state index is -2.49. The quantitative estimate of drug-likeness (QED) is 0.250. The van der Waals surface area contributed by atoms with Crippen molar-refractivity contribution in [3.63, 3.8) is 0 Å². The molecule has 1 nitrogen and oxygen atoms in total. The maximum absolute atomic E-state index is 4.92. The molecule has 5 aromatic carbocycles. The molecule has 166 valence electrons. The molecule has 1 heterocycles. The van der Waals surface area contributed by atoms with Gasteiger partial charge < -0.3 is 0 Å². The normalized spacial score (nSPS) is 11.4. The van der Waals surface area contributed by atoms with Crippen molar-refractivity contribution in [1.82, 2.24) is 4.98 Å². The molecule has 0 aliphatic rings. The van der Waals surface area contributed by atoms with Crippen LogP contribution in [0.2, 0.25) is 0 Å². The Bertz CT molecular complexity index is 1460. The Morgan fingerprint density at radius 3 is 1.37 bits per heavy atom. The number of nitrogens with zero attached hydrogens (tertiary/aromatic N) is 1. The number of para-hydroxylation sites is 1. The average molecular weight is 464 g/mol. The monoisotopic (exact) mass is 463 g/mol. The summed E-state index contributed by atoms with van der Waals surface area (Å²) in [5.74, 6) is 0. The zero-order valence-corrected chi connectivity index (χ0v) is 20.4. The summed E-state index contributed by atoms with van der Waals surface area (Å²) < 4.78 is 0. The number of pyridine rings is 1. The van der Waals surface area contributed by atoms with Crippen LogP contribution in [-0.2, 0) is 0 Å². The molecular formula is C33H25NSi. The first-order chi connectivity index (χ1) is 17.4. The lowest BCUT2D eigenvalue weighted by atomic mass is 10.1. The lowest BCUT2D eigenvalue weighted by molar-refractivity contribution is 1.40. The Hall–Kier alpha value is -4.27. The van der Waals surface area contributed by atoms with Gasteiger partial charge in [0.05, 0.1) is 11.2 Å². The van der Waals surface area contributed by atoms with Crippen LogP contribution in [0.15, 0.2) is 152 Å². The summed E-state index contributed by atoms with van der Waals surface area (Å²) in [4.78, 5) is 4.92. The van der Waals surface area contributed by atoms with Gasteiger partial charge in [-0.25, -0.2) is 4.98 Å². The molecule has 0 saturated heterocycles. The van der Waals surface area contributed by atoms with E-state index in [2.05, 4.69) is 146 Å². The number of fused-ring (bicyclic) bond motifs is 1. The second-order valence-corrected chi connectivity index (χ2v) is 12.6. The third-order valence-corrected chi connectivity index (χ3v) is 11.6. The fourth-order valence-electron chi connectivity index (χ4n) is 5.18. The van der Waals surface area contributed by atoms with Crippen LogP contribution < -0.4 is 20.7 Å². The number of hydrogen-bond donors (Lipinski definition) is 0. The molecule has 0 atom stereocenters. The molecule has 0 radical (unpaired) electrons. The van der Waals surface area contributed by atoms with Gasteiger partial charge >= 0.3 is 0 Å². The van der Waals surface area contributed by atoms with Crippen LogP contribution in [0.1, 0.15) is 0 Å². The average Bonchev–Trinajstić information content (AvgIpc) is 2.95. The number of hydrogen-bond acceptors (Lipinski definition) is 1. The molecule has 0 N–H and O–H groups in total. The number of benzene rings is 5. The van der Waals surface area contributed by atoms with Crippen molar-refractivity contribution in [2.24, 2.45) is 0 Å². The van der Waals surface area contributed by atoms with Crippen molar-refractivity contribution >= 4 is 39.7 Å². The van der Waals surface area contributed by atoms with Gasteiger partial charge in [0.1, 0.15) is 0 Å². The SMILES string of the molecule is c1ccc([Si](c2ccccc2)(c2ccccc2)c2ccc(-c3ccc4ccccc4n3)cc2)cc1. The molecule has 35 heavy (non-hydrogen) atoms. The summed E-state index contributed by atoms with van der Waals surface area (Å²) in [6, 6.07) is 54.8. The molecular weight excluding hydrogens is 438 g/mol. The fourth-order valence-corrected chi connectivity index (χ4v) is 9.93. The second kappa shape index (κ2) is 9.17. The van der Waals surface area contributed by atoms with Crippen molar-refractivity contribution in [3.05, 3.63) is 152 Å². The van der Waals surface area contributed by atoms with Crippen molar-refractivity contribution in [1.29, 1.82) is 0 Å². The molecule has 0 saturated carbocycles. The van der Waals surface area contributed by atoms with Gasteiger partial charge in [-0.15, -0.1) is 0 Å². The highest BCUT2D eigenvalue weighted by Gasteiger charge is 2.41. The van der Waals surface area contributed by atoms with Crippen LogP contribution in [0.3, 0.4) is 0 Å². The Morgan fingerprint density at radius 2 is 0.829 bits per heavy atom. The molecule has 0 unspecified atom stereocenters. The third-order valence-electron chi connectivity index (χ3n) is 6.83. The highest BCUT2D eigenvalue weighted by Crippen LogP contribution is 2.21. The Balaban J connectivity index is 1.56. The first-order valence-electron chi connectivity index (χ1n) is 12.0. The summed E-state index contributed by atoms with van der Waals surface area (Å²) in [5.41, 5.74) is 3.16. The molecule has 0 amide bonds. The van der Waals surface area contributed by atoms with E-state index in [4.69, 9.17) is 4.98 Å². The lowest BCUT2D eigenvalue weighted by Crippen LogP contribution is -2.74. The van der Waals surface area contributed by atoms with Gasteiger partial charge in [-0.3, -0.25) is 0 Å². The van der Waals surface area contributed by atoms with E-state index in [1.54, 1.807) is 0 Å². The topological polar surface area (TPSA) is 12.9 Å². The van der Waals surface area contributed by atoms with Crippen molar-refractivity contribution < 1.29 is 0 Å². The first-order valence-corrected chi connectivity index (χ1v) is 14.0. The van der Waals surface area contributed by atoms with Gasteiger partial charge in [0.15, 0.2) is 8.07 Å². The van der Waals surface area contributed by atoms with Crippen LogP contribution in [0, 0.1) is 0 Å². The largest absolute Gasteiger partial charge is 0.248 e. The van der Waals surface area contributed by atoms with Crippen molar-refractivity contribution in [2.45, 2.75) is 0 Å². The van der Waals surface area contributed by atoms with E-state index in [0.717, 1.165) is 22.2 Å². The van der Waals surface area contributed by atoms with E-state index in [1.807, 2.05) is 6.07 Å². The standard InChI is InChI=1S/C33H25NSi/c1-4-13-28(14-5-1)35(29-15-6-2-7-16-29,30-17-8-3-9-18-30)31-23-20-27(21-24-31)33-25-22-26-12-10-11-19-32(26)34-33/h1-25H. The summed E-state index contributed by atoms with van der Waals surface area (Å²) >= 11 is 0. The first kappa shape index (κ1) is 21.3. The van der Waals surface area contributed by atoms with Gasteiger partial charge in [0.2, 0.25) is 0 Å². The van der Waals surface area contributed by atoms with Crippen LogP contribution in [0.4, 0.5) is 0 Å². The van der Waals surface area contributed by atoms with E-state index in [-0.39, 0.29) is 0 Å². The predicted octanol–water partition coefficient (Wildman–Crippen LogP) is 5.28. The molecule has 0 aliphatic heterocycles. The zero-order valence-electron chi connectivity index (χ0n) is 19.4. The van der Waals surface area contributed by atoms with Crippen LogP contribution in [0.25, 0.3) is 22.2 Å². The van der Waals surface area contributed by atoms with E-state index in [0.29, 0.717) is 0 Å². The summed E-state index contributed by atoms with van der Waals surface area (Å²) in [6.07, 6.45) is 0. The fraction of sp³-hybridized carbons (Fsp3) is 0. The van der Waals surface area contributed by atoms with Crippen molar-refractivity contribution in [3.8, 4) is 11.3 Å². The van der Waals surface area contributed by atoms with E-state index < -0.39 is 8.07 Å².